The van der Waals surface area contributed by atoms with E-state index < -0.39 is 0 Å². The molecule has 0 aliphatic rings. The number of aryl methyl sites for hydroxylation is 1. The van der Waals surface area contributed by atoms with E-state index in [1.54, 1.807) is 0 Å². The molecule has 0 aromatic heterocycles. The number of halogens is 2. The van der Waals surface area contributed by atoms with E-state index in [1.807, 2.05) is 30.3 Å². The molecule has 2 aromatic carbocycles. The molecule has 16 heavy (non-hydrogen) atoms. The first kappa shape index (κ1) is 12.2. The van der Waals surface area contributed by atoms with E-state index in [4.69, 9.17) is 4.74 Å². The van der Waals surface area contributed by atoms with Gasteiger partial charge in [-0.1, -0.05) is 6.07 Å². The second-order valence-corrected chi connectivity index (χ2v) is 5.90. The molecule has 0 spiro atoms. The van der Waals surface area contributed by atoms with Gasteiger partial charge in [-0.05, 0) is 94.1 Å². The van der Waals surface area contributed by atoms with Crippen LogP contribution in [0.25, 0.3) is 0 Å². The summed E-state index contributed by atoms with van der Waals surface area (Å²) in [7, 11) is 0. The molecule has 82 valence electrons. The molecule has 0 aliphatic carbocycles. The van der Waals surface area contributed by atoms with Crippen molar-refractivity contribution in [2.75, 3.05) is 0 Å². The molecule has 0 atom stereocenters. The topological polar surface area (TPSA) is 9.23 Å². The summed E-state index contributed by atoms with van der Waals surface area (Å²) in [5.41, 5.74) is 1.25. The van der Waals surface area contributed by atoms with E-state index >= 15 is 0 Å². The van der Waals surface area contributed by atoms with Gasteiger partial charge in [0.25, 0.3) is 0 Å². The zero-order valence-corrected chi connectivity index (χ0v) is 13.0. The lowest BCUT2D eigenvalue weighted by atomic mass is 10.2. The van der Waals surface area contributed by atoms with Gasteiger partial charge >= 0.3 is 0 Å². The van der Waals surface area contributed by atoms with E-state index in [2.05, 4.69) is 64.2 Å². The van der Waals surface area contributed by atoms with Crippen LogP contribution in [0.5, 0.6) is 11.5 Å². The minimum absolute atomic E-state index is 0.877. The van der Waals surface area contributed by atoms with Crippen LogP contribution in [-0.4, -0.2) is 0 Å². The Kier molecular flexibility index (Phi) is 4.07. The maximum Gasteiger partial charge on any atom is 0.140 e. The van der Waals surface area contributed by atoms with Gasteiger partial charge in [-0.2, -0.15) is 0 Å². The highest BCUT2D eigenvalue weighted by Crippen LogP contribution is 2.27. The van der Waals surface area contributed by atoms with Crippen molar-refractivity contribution in [3.8, 4) is 11.5 Å². The molecule has 0 fully saturated rings. The average molecular weight is 436 g/mol. The summed E-state index contributed by atoms with van der Waals surface area (Å²) >= 11 is 4.57. The lowest BCUT2D eigenvalue weighted by molar-refractivity contribution is 0.479. The van der Waals surface area contributed by atoms with Crippen molar-refractivity contribution in [1.82, 2.24) is 0 Å². The fourth-order valence-corrected chi connectivity index (χ4v) is 2.46. The van der Waals surface area contributed by atoms with Crippen molar-refractivity contribution in [3.05, 3.63) is 55.2 Å². The van der Waals surface area contributed by atoms with Crippen LogP contribution in [0, 0.1) is 14.1 Å². The predicted molar refractivity (Wildman–Crippen MR) is 83.1 cm³/mol. The van der Waals surface area contributed by atoms with Crippen LogP contribution in [0.15, 0.2) is 42.5 Å². The zero-order valence-electron chi connectivity index (χ0n) is 8.71. The summed E-state index contributed by atoms with van der Waals surface area (Å²) < 4.78 is 8.16. The Bertz CT molecular complexity index is 492. The molecular weight excluding hydrogens is 426 g/mol. The molecule has 0 bridgehead atoms. The van der Waals surface area contributed by atoms with E-state index in [-0.39, 0.29) is 0 Å². The lowest BCUT2D eigenvalue weighted by Gasteiger charge is -2.08. The molecular formula is C13H10I2O. The molecule has 0 N–H and O–H groups in total. The van der Waals surface area contributed by atoms with Gasteiger partial charge in [0.15, 0.2) is 0 Å². The average Bonchev–Trinajstić information content (AvgIpc) is 2.25. The van der Waals surface area contributed by atoms with Gasteiger partial charge in [0.1, 0.15) is 11.5 Å². The molecule has 2 aromatic rings. The summed E-state index contributed by atoms with van der Waals surface area (Å²) in [6, 6.07) is 14.2. The first-order valence-corrected chi connectivity index (χ1v) is 7.00. The van der Waals surface area contributed by atoms with Crippen LogP contribution in [0.4, 0.5) is 0 Å². The van der Waals surface area contributed by atoms with Crippen molar-refractivity contribution in [2.24, 2.45) is 0 Å². The Hall–Kier alpha value is -0.300. The Balaban J connectivity index is 2.23. The maximum atomic E-state index is 5.81. The van der Waals surface area contributed by atoms with Gasteiger partial charge in [0.05, 0.1) is 3.57 Å². The second kappa shape index (κ2) is 5.35. The third kappa shape index (κ3) is 3.10. The van der Waals surface area contributed by atoms with Crippen molar-refractivity contribution < 1.29 is 4.74 Å². The number of benzene rings is 2. The standard InChI is InChI=1S/C13H10I2O/c1-9-2-7-13(12(15)8-9)16-11-5-3-10(14)4-6-11/h2-8H,1H3. The van der Waals surface area contributed by atoms with Crippen molar-refractivity contribution >= 4 is 45.2 Å². The van der Waals surface area contributed by atoms with Crippen LogP contribution in [0.3, 0.4) is 0 Å². The van der Waals surface area contributed by atoms with E-state index in [0.29, 0.717) is 0 Å². The third-order valence-electron chi connectivity index (χ3n) is 2.13. The number of ether oxygens (including phenoxy) is 1. The molecule has 1 nitrogen and oxygen atoms in total. The van der Waals surface area contributed by atoms with Gasteiger partial charge in [-0.3, -0.25) is 0 Å². The van der Waals surface area contributed by atoms with Crippen LogP contribution < -0.4 is 4.74 Å². The molecule has 0 amide bonds. The smallest absolute Gasteiger partial charge is 0.140 e. The summed E-state index contributed by atoms with van der Waals surface area (Å²) in [5, 5.41) is 0. The largest absolute Gasteiger partial charge is 0.456 e. The molecule has 0 heterocycles. The van der Waals surface area contributed by atoms with Gasteiger partial charge in [0, 0.05) is 3.57 Å². The molecule has 0 radical (unpaired) electrons. The summed E-state index contributed by atoms with van der Waals surface area (Å²) in [6.45, 7) is 2.08. The Labute approximate surface area is 122 Å². The third-order valence-corrected chi connectivity index (χ3v) is 3.69. The normalized spacial score (nSPS) is 10.2. The lowest BCUT2D eigenvalue weighted by Crippen LogP contribution is -1.88. The second-order valence-electron chi connectivity index (χ2n) is 3.49. The van der Waals surface area contributed by atoms with Crippen LogP contribution >= 0.6 is 45.2 Å². The van der Waals surface area contributed by atoms with E-state index in [9.17, 15) is 0 Å². The summed E-state index contributed by atoms with van der Waals surface area (Å²) in [6.07, 6.45) is 0. The van der Waals surface area contributed by atoms with Crippen LogP contribution in [0.1, 0.15) is 5.56 Å². The number of rotatable bonds is 2. The molecule has 2 rings (SSSR count). The number of hydrogen-bond donors (Lipinski definition) is 0. The van der Waals surface area contributed by atoms with Gasteiger partial charge in [0.2, 0.25) is 0 Å². The highest BCUT2D eigenvalue weighted by molar-refractivity contribution is 14.1. The summed E-state index contributed by atoms with van der Waals surface area (Å²) in [5.74, 6) is 1.79. The van der Waals surface area contributed by atoms with E-state index in [1.165, 1.54) is 9.13 Å². The monoisotopic (exact) mass is 436 g/mol. The molecule has 0 aliphatic heterocycles. The Morgan fingerprint density at radius 2 is 1.62 bits per heavy atom. The van der Waals surface area contributed by atoms with Crippen molar-refractivity contribution in [3.63, 3.8) is 0 Å². The van der Waals surface area contributed by atoms with Crippen molar-refractivity contribution in [2.45, 2.75) is 6.92 Å². The van der Waals surface area contributed by atoms with Crippen molar-refractivity contribution in [1.29, 1.82) is 0 Å². The quantitative estimate of drug-likeness (QED) is 0.603. The van der Waals surface area contributed by atoms with E-state index in [0.717, 1.165) is 15.1 Å². The zero-order chi connectivity index (χ0) is 11.5. The minimum Gasteiger partial charge on any atom is -0.456 e. The van der Waals surface area contributed by atoms with Gasteiger partial charge in [-0.25, -0.2) is 0 Å². The predicted octanol–water partition coefficient (Wildman–Crippen LogP) is 5.00. The first-order valence-electron chi connectivity index (χ1n) is 4.85. The highest BCUT2D eigenvalue weighted by atomic mass is 127. The van der Waals surface area contributed by atoms with Gasteiger partial charge < -0.3 is 4.74 Å². The molecule has 0 saturated carbocycles. The Morgan fingerprint density at radius 3 is 2.25 bits per heavy atom. The Morgan fingerprint density at radius 1 is 0.938 bits per heavy atom. The fraction of sp³-hybridized carbons (Fsp3) is 0.0769. The highest BCUT2D eigenvalue weighted by Gasteiger charge is 2.02. The van der Waals surface area contributed by atoms with Crippen LogP contribution in [0.2, 0.25) is 0 Å². The molecule has 0 saturated heterocycles. The summed E-state index contributed by atoms with van der Waals surface area (Å²) in [4.78, 5) is 0. The molecule has 0 unspecified atom stereocenters. The maximum absolute atomic E-state index is 5.81. The first-order chi connectivity index (χ1) is 7.65. The minimum atomic E-state index is 0.877. The molecule has 3 heteroatoms. The SMILES string of the molecule is Cc1ccc(Oc2ccc(I)cc2)c(I)c1. The fourth-order valence-electron chi connectivity index (χ4n) is 1.32. The number of hydrogen-bond acceptors (Lipinski definition) is 1. The van der Waals surface area contributed by atoms with Crippen LogP contribution in [-0.2, 0) is 0 Å². The van der Waals surface area contributed by atoms with Gasteiger partial charge in [-0.15, -0.1) is 0 Å².